The van der Waals surface area contributed by atoms with Gasteiger partial charge in [0.2, 0.25) is 0 Å². The van der Waals surface area contributed by atoms with E-state index >= 15 is 0 Å². The molecule has 16 rings (SSSR count). The number of para-hydroxylation sites is 1. The van der Waals surface area contributed by atoms with Gasteiger partial charge in [0.05, 0.1) is 12.0 Å². The number of ketones is 1. The second kappa shape index (κ2) is 59.2. The summed E-state index contributed by atoms with van der Waals surface area (Å²) in [6.45, 7) is 16.0. The molecule has 0 fully saturated rings. The van der Waals surface area contributed by atoms with Crippen LogP contribution in [0.3, 0.4) is 0 Å². The Morgan fingerprint density at radius 1 is 0.367 bits per heavy atom. The van der Waals surface area contributed by atoms with Crippen LogP contribution in [-0.4, -0.2) is 50.6 Å². The largest absolute Gasteiger partial charge is 0.512 e. The van der Waals surface area contributed by atoms with E-state index in [1.54, 1.807) is 18.5 Å². The molecule has 7 aromatic heterocycles. The average Bonchev–Trinajstić information content (AvgIpc) is 1.47. The van der Waals surface area contributed by atoms with E-state index < -0.39 is 0 Å². The number of hydrogen-bond donors (Lipinski definition) is 1. The van der Waals surface area contributed by atoms with Crippen molar-refractivity contribution < 1.29 is 115 Å². The van der Waals surface area contributed by atoms with Crippen LogP contribution in [0.4, 0.5) is 4.39 Å². The maximum absolute atomic E-state index is 12.8. The molecule has 0 aliphatic heterocycles. The number of aliphatic hydroxyl groups excluding tert-OH is 1. The first kappa shape index (κ1) is 106. The van der Waals surface area contributed by atoms with Gasteiger partial charge in [0.1, 0.15) is 5.82 Å². The zero-order valence-corrected chi connectivity index (χ0v) is 78.5. The van der Waals surface area contributed by atoms with E-state index in [0.29, 0.717) is 23.4 Å². The Morgan fingerprint density at radius 2 is 0.767 bits per heavy atom. The van der Waals surface area contributed by atoms with Crippen molar-refractivity contribution in [2.45, 2.75) is 88.5 Å². The van der Waals surface area contributed by atoms with Crippen molar-refractivity contribution in [2.75, 3.05) is 0 Å². The van der Waals surface area contributed by atoms with Gasteiger partial charge >= 0.3 is 0 Å². The number of pyridine rings is 6. The minimum absolute atomic E-state index is 0. The monoisotopic (exact) mass is 2470 g/mol. The van der Waals surface area contributed by atoms with E-state index in [4.69, 9.17) is 5.11 Å². The van der Waals surface area contributed by atoms with Crippen molar-refractivity contribution in [1.29, 1.82) is 0 Å². The molecule has 0 aliphatic carbocycles. The summed E-state index contributed by atoms with van der Waals surface area (Å²) < 4.78 is 14.7. The minimum Gasteiger partial charge on any atom is -0.512 e. The van der Waals surface area contributed by atoms with Gasteiger partial charge in [-0.1, -0.05) is 171 Å². The van der Waals surface area contributed by atoms with E-state index in [2.05, 4.69) is 192 Å². The fraction of sp³-hybridized carbons (Fsp3) is 0.135. The Morgan fingerprint density at radius 3 is 1.16 bits per heavy atom. The molecule has 120 heavy (non-hydrogen) atoms. The molecule has 0 atom stereocenters. The summed E-state index contributed by atoms with van der Waals surface area (Å²) in [4.78, 5) is 35.9. The van der Waals surface area contributed by atoms with Gasteiger partial charge in [-0.2, -0.15) is 29.4 Å². The van der Waals surface area contributed by atoms with Crippen molar-refractivity contribution >= 4 is 5.78 Å². The number of nitrogens with zero attached hydrogens (tertiary/aromatic N) is 8. The molecule has 0 aliphatic rings. The quantitative estimate of drug-likeness (QED) is 0.0642. The molecular formula is C104H98FIr5N8O2-7. The molecule has 7 heterocycles. The molecule has 10 nitrogen and oxygen atoms in total. The number of carbonyl (C=O) groups excluding carboxylic acids is 1. The number of halogens is 1. The fourth-order valence-electron chi connectivity index (χ4n) is 10.9. The van der Waals surface area contributed by atoms with Crippen LogP contribution >= 0.6 is 0 Å². The number of allylic oxidation sites excluding steroid dienone is 2. The van der Waals surface area contributed by atoms with E-state index in [0.717, 1.165) is 74.0 Å². The van der Waals surface area contributed by atoms with Gasteiger partial charge in [0.25, 0.3) is 0 Å². The van der Waals surface area contributed by atoms with E-state index in [1.165, 1.54) is 77.2 Å². The maximum atomic E-state index is 12.8. The Bertz CT molecular complexity index is 5120. The standard InChI is InChI=1S/2C17H12N.C15H16N.C14H14N.C12H13N2.C11H7FN.C11H8N.C5H8O2.2CH4.5Ir/c1-3-7-14(8-4-1)16-11-12-18-17(13-16)15-9-5-2-6-10-15;1-2-7-14(8-3-1)15-9-6-10-16(13-15)17-11-4-5-12-18-17;1-12(2)10-13-8-9-16-15(11-13)14-6-4-3-5-7-14;1-11(2)13-8-9-14(15-10-13)12-6-4-3-5-7-12;1-10(2)11-8-13-14(9-11)12-6-4-3-5-7-12;12-10-6-7-13-11(8-10)9-4-2-1-3-5-9;1-2-6-10(7-3-1)11-8-4-5-9-12-11;1-4(6)3-5(2)7;;;;;;;/h2*1-9,11-13H;3-6,8-9,11-12H,10H2,1-2H3;3-6,8-11H,1-2H3;3-6,8-10H,1-2H3;1-4,6-8H;1-6,8-9H;3,6H,1-2H3;2*1H4;;;;;/q7*-1;;;;;;;;. The third kappa shape index (κ3) is 37.4. The summed E-state index contributed by atoms with van der Waals surface area (Å²) in [7, 11) is 0. The fourth-order valence-corrected chi connectivity index (χ4v) is 10.9. The van der Waals surface area contributed by atoms with Gasteiger partial charge in [-0.15, -0.1) is 221 Å². The second-order valence-electron chi connectivity index (χ2n) is 26.6. The van der Waals surface area contributed by atoms with Crippen molar-refractivity contribution in [3.8, 4) is 95.5 Å². The van der Waals surface area contributed by atoms with Crippen molar-refractivity contribution in [3.63, 3.8) is 0 Å². The Balaban J connectivity index is 0.000000465. The molecular weight excluding hydrogens is 2370 g/mol. The van der Waals surface area contributed by atoms with Gasteiger partial charge in [-0.05, 0) is 142 Å². The topological polar surface area (TPSA) is 132 Å². The van der Waals surface area contributed by atoms with Crippen molar-refractivity contribution in [2.24, 2.45) is 5.92 Å². The molecule has 0 saturated heterocycles. The Kier molecular flexibility index (Phi) is 52.1. The number of rotatable bonds is 14. The first-order valence-corrected chi connectivity index (χ1v) is 37.3. The van der Waals surface area contributed by atoms with Crippen molar-refractivity contribution in [1.82, 2.24) is 39.7 Å². The third-order valence-electron chi connectivity index (χ3n) is 16.6. The predicted octanol–water partition coefficient (Wildman–Crippen LogP) is 26.2. The van der Waals surface area contributed by atoms with Crippen molar-refractivity contribution in [3.05, 3.63) is 436 Å². The summed E-state index contributed by atoms with van der Waals surface area (Å²) in [6, 6.07) is 123. The van der Waals surface area contributed by atoms with Crippen LogP contribution in [0.15, 0.2) is 371 Å². The Labute approximate surface area is 778 Å². The summed E-state index contributed by atoms with van der Waals surface area (Å²) >= 11 is 0. The smallest absolute Gasteiger partial charge is 0.155 e. The van der Waals surface area contributed by atoms with Gasteiger partial charge in [0.15, 0.2) is 5.78 Å². The third-order valence-corrected chi connectivity index (χ3v) is 16.6. The molecule has 16 heteroatoms. The van der Waals surface area contributed by atoms with E-state index in [9.17, 15) is 9.18 Å². The van der Waals surface area contributed by atoms with Crippen LogP contribution < -0.4 is 0 Å². The van der Waals surface area contributed by atoms with E-state index in [-0.39, 0.29) is 133 Å². The number of benzene rings is 9. The molecule has 0 unspecified atom stereocenters. The first-order chi connectivity index (χ1) is 55.1. The predicted molar refractivity (Wildman–Crippen MR) is 472 cm³/mol. The molecule has 625 valence electrons. The number of aliphatic hydroxyl groups is 1. The molecule has 16 aromatic rings. The first-order valence-electron chi connectivity index (χ1n) is 37.3. The summed E-state index contributed by atoms with van der Waals surface area (Å²) in [5.74, 6) is 1.39. The molecule has 0 spiro atoms. The zero-order chi connectivity index (χ0) is 79.6. The molecule has 1 N–H and O–H groups in total. The van der Waals surface area contributed by atoms with Crippen LogP contribution in [0, 0.1) is 54.2 Å². The van der Waals surface area contributed by atoms with Gasteiger partial charge in [0, 0.05) is 150 Å². The molecule has 0 amide bonds. The zero-order valence-electron chi connectivity index (χ0n) is 66.6. The number of hydrogen-bond acceptors (Lipinski definition) is 9. The normalized spacial score (nSPS) is 9.78. The van der Waals surface area contributed by atoms with Crippen LogP contribution in [-0.2, 0) is 112 Å². The molecule has 9 aromatic carbocycles. The van der Waals surface area contributed by atoms with Gasteiger partial charge < -0.3 is 35.0 Å². The summed E-state index contributed by atoms with van der Waals surface area (Å²) in [5, 5.41) is 12.7. The van der Waals surface area contributed by atoms with Crippen LogP contribution in [0.2, 0.25) is 0 Å². The van der Waals surface area contributed by atoms with Gasteiger partial charge in [-0.25, -0.2) is 4.39 Å². The average molecular weight is 2470 g/mol. The maximum Gasteiger partial charge on any atom is 0.155 e. The van der Waals surface area contributed by atoms with Crippen LogP contribution in [0.25, 0.3) is 95.5 Å². The molecule has 0 saturated carbocycles. The minimum atomic E-state index is -0.276. The second-order valence-corrected chi connectivity index (χ2v) is 26.6. The van der Waals surface area contributed by atoms with E-state index in [1.807, 2.05) is 254 Å². The number of carbonyl (C=O) groups is 1. The summed E-state index contributed by atoms with van der Waals surface area (Å²) in [6.07, 6.45) is 16.9. The summed E-state index contributed by atoms with van der Waals surface area (Å²) in [5.41, 5.74) is 21.1. The Hall–Kier alpha value is -10.5. The number of aromatic nitrogens is 8. The van der Waals surface area contributed by atoms with Gasteiger partial charge in [-0.3, -0.25) is 9.48 Å². The SMILES string of the molecule is C.C.CC(=O)C=C(C)O.CC(C)Cc1ccnc(-c2[c-]cccc2)c1.CC(C)c1ccc(-c2[c-]cccc2)nc1.CC(C)c1cnn(-c2[c-]cccc2)c1.Fc1ccnc(-c2[c-]cccc2)c1.[Ir].[Ir].[Ir].[Ir].[Ir].[c-]1ccc(-c2ccccc2)cc1-c1ccccn1.[c-]1ccccc1-c1cc(-c2ccccc2)ccn1.[c-]1ccccc1-c1ccccn1. The van der Waals surface area contributed by atoms with Crippen LogP contribution in [0.5, 0.6) is 0 Å². The molecule has 0 bridgehead atoms. The molecule has 5 radical (unpaired) electrons. The van der Waals surface area contributed by atoms with Crippen LogP contribution in [0.1, 0.15) is 98.8 Å².